The van der Waals surface area contributed by atoms with Crippen LogP contribution in [0.3, 0.4) is 0 Å². The van der Waals surface area contributed by atoms with E-state index in [4.69, 9.17) is 0 Å². The number of benzene rings is 2. The molecule has 0 aromatic heterocycles. The fourth-order valence-corrected chi connectivity index (χ4v) is 3.34. The molecular weight excluding hydrogens is 314 g/mol. The topological polar surface area (TPSA) is 57.6 Å². The van der Waals surface area contributed by atoms with Crippen LogP contribution < -0.4 is 4.90 Å². The van der Waals surface area contributed by atoms with Crippen LogP contribution in [0.15, 0.2) is 54.6 Å². The lowest BCUT2D eigenvalue weighted by atomic mass is 9.88. The summed E-state index contributed by atoms with van der Waals surface area (Å²) in [6.07, 6.45) is 2.79. The van der Waals surface area contributed by atoms with Gasteiger partial charge in [-0.15, -0.1) is 0 Å². The maximum Gasteiger partial charge on any atom is 0.271 e. The number of amides is 1. The van der Waals surface area contributed by atoms with Crippen LogP contribution in [0.1, 0.15) is 43.7 Å². The lowest BCUT2D eigenvalue weighted by Gasteiger charge is -2.22. The number of aliphatic hydroxyl groups is 1. The third kappa shape index (κ3) is 3.10. The van der Waals surface area contributed by atoms with Crippen LogP contribution in [0, 0.1) is 0 Å². The zero-order chi connectivity index (χ0) is 17.9. The van der Waals surface area contributed by atoms with Gasteiger partial charge in [0, 0.05) is 12.0 Å². The fraction of sp³-hybridized carbons (Fsp3) is 0.333. The first-order valence-electron chi connectivity index (χ1n) is 8.80. The molecule has 4 nitrogen and oxygen atoms in total. The van der Waals surface area contributed by atoms with Crippen molar-refractivity contribution in [3.63, 3.8) is 0 Å². The van der Waals surface area contributed by atoms with Crippen LogP contribution in [0.2, 0.25) is 0 Å². The molecule has 1 atom stereocenters. The van der Waals surface area contributed by atoms with Gasteiger partial charge in [0.1, 0.15) is 0 Å². The second-order valence-electron chi connectivity index (χ2n) is 6.48. The molecule has 0 spiro atoms. The molecule has 0 bridgehead atoms. The molecular formula is C21H23NO3. The number of carbonyl (C=O) groups excluding carboxylic acids is 2. The fourth-order valence-electron chi connectivity index (χ4n) is 3.34. The average molecular weight is 337 g/mol. The second-order valence-corrected chi connectivity index (χ2v) is 6.48. The van der Waals surface area contributed by atoms with Gasteiger partial charge in [0.15, 0.2) is 5.78 Å². The van der Waals surface area contributed by atoms with Gasteiger partial charge >= 0.3 is 0 Å². The predicted molar refractivity (Wildman–Crippen MR) is 97.1 cm³/mol. The van der Waals surface area contributed by atoms with Crippen LogP contribution in [0.5, 0.6) is 0 Å². The molecule has 3 rings (SSSR count). The molecule has 0 saturated heterocycles. The molecule has 1 aliphatic rings. The molecule has 1 heterocycles. The molecule has 4 heteroatoms. The number of para-hydroxylation sites is 1. The van der Waals surface area contributed by atoms with Gasteiger partial charge in [-0.3, -0.25) is 9.59 Å². The van der Waals surface area contributed by atoms with E-state index >= 15 is 0 Å². The quantitative estimate of drug-likeness (QED) is 0.621. The lowest BCUT2D eigenvalue weighted by molar-refractivity contribution is -0.150. The summed E-state index contributed by atoms with van der Waals surface area (Å²) >= 11 is 0. The van der Waals surface area contributed by atoms with Crippen molar-refractivity contribution in [3.8, 4) is 0 Å². The number of ketones is 1. The highest BCUT2D eigenvalue weighted by Gasteiger charge is 2.54. The number of fused-ring (bicyclic) bond motifs is 1. The standard InChI is InChI=1S/C21H23NO3/c1-2-3-5-14-19(23)21(25)17-12-8-9-13-18(17)22(20(21)24)15-16-10-6-4-7-11-16/h4,6-13,25H,2-3,5,14-15H2,1H3/t21-/m1/s1. The van der Waals surface area contributed by atoms with Gasteiger partial charge in [-0.2, -0.15) is 0 Å². The molecule has 25 heavy (non-hydrogen) atoms. The minimum Gasteiger partial charge on any atom is -0.369 e. The first kappa shape index (κ1) is 17.4. The van der Waals surface area contributed by atoms with E-state index in [-0.39, 0.29) is 6.42 Å². The Hall–Kier alpha value is -2.46. The zero-order valence-corrected chi connectivity index (χ0v) is 14.4. The summed E-state index contributed by atoms with van der Waals surface area (Å²) in [5, 5.41) is 11.1. The Morgan fingerprint density at radius 1 is 1.04 bits per heavy atom. The van der Waals surface area contributed by atoms with Crippen LogP contribution in [0.25, 0.3) is 0 Å². The van der Waals surface area contributed by atoms with Crippen molar-refractivity contribution in [1.82, 2.24) is 0 Å². The number of carbonyl (C=O) groups is 2. The highest BCUT2D eigenvalue weighted by atomic mass is 16.3. The largest absolute Gasteiger partial charge is 0.369 e. The third-order valence-electron chi connectivity index (χ3n) is 4.73. The predicted octanol–water partition coefficient (Wildman–Crippen LogP) is 3.57. The van der Waals surface area contributed by atoms with E-state index in [1.807, 2.05) is 36.4 Å². The normalized spacial score (nSPS) is 19.1. The van der Waals surface area contributed by atoms with E-state index in [1.165, 1.54) is 4.90 Å². The van der Waals surface area contributed by atoms with Crippen molar-refractivity contribution >= 4 is 17.4 Å². The third-order valence-corrected chi connectivity index (χ3v) is 4.73. The average Bonchev–Trinajstić information content (AvgIpc) is 2.86. The first-order valence-corrected chi connectivity index (χ1v) is 8.80. The van der Waals surface area contributed by atoms with Gasteiger partial charge < -0.3 is 10.0 Å². The molecule has 1 N–H and O–H groups in total. The number of Topliss-reactive ketones (excluding diaryl/α,β-unsaturated/α-hetero) is 1. The molecule has 1 aliphatic heterocycles. The molecule has 2 aromatic rings. The van der Waals surface area contributed by atoms with E-state index < -0.39 is 17.3 Å². The van der Waals surface area contributed by atoms with Crippen LogP contribution in [-0.4, -0.2) is 16.8 Å². The lowest BCUT2D eigenvalue weighted by Crippen LogP contribution is -2.46. The Kier molecular flexibility index (Phi) is 5.00. The summed E-state index contributed by atoms with van der Waals surface area (Å²) in [6.45, 7) is 2.39. The van der Waals surface area contributed by atoms with Gasteiger partial charge in [0.05, 0.1) is 12.2 Å². The number of unbranched alkanes of at least 4 members (excludes halogenated alkanes) is 2. The van der Waals surface area contributed by atoms with Crippen molar-refractivity contribution in [1.29, 1.82) is 0 Å². The molecule has 130 valence electrons. The Labute approximate surface area is 148 Å². The molecule has 2 aromatic carbocycles. The molecule has 0 unspecified atom stereocenters. The Bertz CT molecular complexity index is 772. The Morgan fingerprint density at radius 3 is 2.44 bits per heavy atom. The number of rotatable bonds is 7. The van der Waals surface area contributed by atoms with E-state index in [2.05, 4.69) is 6.92 Å². The molecule has 0 fully saturated rings. The number of nitrogens with zero attached hydrogens (tertiary/aromatic N) is 1. The maximum atomic E-state index is 13.0. The summed E-state index contributed by atoms with van der Waals surface area (Å²) in [4.78, 5) is 27.2. The van der Waals surface area contributed by atoms with Crippen LogP contribution in [-0.2, 0) is 21.7 Å². The van der Waals surface area contributed by atoms with Gasteiger partial charge in [0.2, 0.25) is 5.60 Å². The monoisotopic (exact) mass is 337 g/mol. The van der Waals surface area contributed by atoms with E-state index in [0.717, 1.165) is 18.4 Å². The Balaban J connectivity index is 1.93. The van der Waals surface area contributed by atoms with E-state index in [0.29, 0.717) is 24.2 Å². The van der Waals surface area contributed by atoms with Gasteiger partial charge in [-0.05, 0) is 18.1 Å². The van der Waals surface area contributed by atoms with Crippen molar-refractivity contribution in [2.45, 2.75) is 44.8 Å². The first-order chi connectivity index (χ1) is 12.1. The highest BCUT2D eigenvalue weighted by Crippen LogP contribution is 2.42. The van der Waals surface area contributed by atoms with Gasteiger partial charge in [-0.1, -0.05) is 68.3 Å². The second kappa shape index (κ2) is 7.19. The van der Waals surface area contributed by atoms with Crippen molar-refractivity contribution in [2.75, 3.05) is 4.90 Å². The number of hydrogen-bond acceptors (Lipinski definition) is 3. The van der Waals surface area contributed by atoms with Crippen molar-refractivity contribution in [2.24, 2.45) is 0 Å². The smallest absolute Gasteiger partial charge is 0.271 e. The summed E-state index contributed by atoms with van der Waals surface area (Å²) in [5.41, 5.74) is -0.0903. The summed E-state index contributed by atoms with van der Waals surface area (Å²) < 4.78 is 0. The minimum absolute atomic E-state index is 0.212. The summed E-state index contributed by atoms with van der Waals surface area (Å²) in [7, 11) is 0. The zero-order valence-electron chi connectivity index (χ0n) is 14.4. The molecule has 0 radical (unpaired) electrons. The SMILES string of the molecule is CCCCCC(=O)[C@@]1(O)C(=O)N(Cc2ccccc2)c2ccccc21. The van der Waals surface area contributed by atoms with Crippen molar-refractivity contribution in [3.05, 3.63) is 65.7 Å². The molecule has 0 saturated carbocycles. The Morgan fingerprint density at radius 2 is 1.72 bits per heavy atom. The van der Waals surface area contributed by atoms with Crippen molar-refractivity contribution < 1.29 is 14.7 Å². The maximum absolute atomic E-state index is 13.0. The van der Waals surface area contributed by atoms with Crippen LogP contribution in [0.4, 0.5) is 5.69 Å². The molecule has 1 amide bonds. The number of hydrogen-bond donors (Lipinski definition) is 1. The van der Waals surface area contributed by atoms with E-state index in [1.54, 1.807) is 18.2 Å². The van der Waals surface area contributed by atoms with Crippen LogP contribution >= 0.6 is 0 Å². The number of anilines is 1. The van der Waals surface area contributed by atoms with Gasteiger partial charge in [0.25, 0.3) is 5.91 Å². The van der Waals surface area contributed by atoms with E-state index in [9.17, 15) is 14.7 Å². The highest BCUT2D eigenvalue weighted by molar-refractivity contribution is 6.20. The summed E-state index contributed by atoms with van der Waals surface area (Å²) in [6, 6.07) is 16.6. The molecule has 0 aliphatic carbocycles. The summed E-state index contributed by atoms with van der Waals surface area (Å²) in [5.74, 6) is -0.951. The minimum atomic E-state index is -2.06. The van der Waals surface area contributed by atoms with Gasteiger partial charge in [-0.25, -0.2) is 0 Å².